The van der Waals surface area contributed by atoms with Crippen LogP contribution in [0.2, 0.25) is 0 Å². The van der Waals surface area contributed by atoms with Crippen LogP contribution in [0.4, 0.5) is 0 Å². The van der Waals surface area contributed by atoms with Crippen molar-refractivity contribution in [1.82, 2.24) is 15.5 Å². The fraction of sp³-hybridized carbons (Fsp3) is 0.706. The Bertz CT molecular complexity index is 481. The van der Waals surface area contributed by atoms with Crippen LogP contribution in [0.3, 0.4) is 0 Å². The average Bonchev–Trinajstić information content (AvgIpc) is 2.95. The third-order valence-electron chi connectivity index (χ3n) is 4.07. The number of rotatable bonds is 7. The van der Waals surface area contributed by atoms with Gasteiger partial charge in [0, 0.05) is 43.5 Å². The van der Waals surface area contributed by atoms with Crippen LogP contribution in [0.1, 0.15) is 38.0 Å². The van der Waals surface area contributed by atoms with Gasteiger partial charge in [-0.3, -0.25) is 4.99 Å². The molecule has 0 radical (unpaired) electrons. The Balaban J connectivity index is 1.77. The molecule has 1 fully saturated rings. The second-order valence-corrected chi connectivity index (χ2v) is 8.52. The molecule has 6 heteroatoms. The Labute approximate surface area is 152 Å². The van der Waals surface area contributed by atoms with Gasteiger partial charge in [0.1, 0.15) is 0 Å². The molecule has 2 heterocycles. The maximum absolute atomic E-state index is 4.74. The highest BCUT2D eigenvalue weighted by Crippen LogP contribution is 2.22. The van der Waals surface area contributed by atoms with E-state index in [0.717, 1.165) is 25.5 Å². The molecule has 0 unspecified atom stereocenters. The van der Waals surface area contributed by atoms with Crippen molar-refractivity contribution in [1.29, 1.82) is 0 Å². The van der Waals surface area contributed by atoms with Crippen LogP contribution in [-0.2, 0) is 6.42 Å². The maximum Gasteiger partial charge on any atom is 0.191 e. The molecule has 4 nitrogen and oxygen atoms in total. The summed E-state index contributed by atoms with van der Waals surface area (Å²) in [5.74, 6) is 0.970. The van der Waals surface area contributed by atoms with Gasteiger partial charge in [0.05, 0.1) is 3.79 Å². The van der Waals surface area contributed by atoms with E-state index in [-0.39, 0.29) is 0 Å². The van der Waals surface area contributed by atoms with Crippen molar-refractivity contribution < 1.29 is 0 Å². The lowest BCUT2D eigenvalue weighted by molar-refractivity contribution is 0.206. The summed E-state index contributed by atoms with van der Waals surface area (Å²) < 4.78 is 1.19. The van der Waals surface area contributed by atoms with Gasteiger partial charge in [-0.15, -0.1) is 11.3 Å². The summed E-state index contributed by atoms with van der Waals surface area (Å²) in [4.78, 5) is 8.69. The second kappa shape index (κ2) is 10.3. The Hall–Kier alpha value is -0.590. The number of likely N-dealkylation sites (tertiary alicyclic amines) is 1. The van der Waals surface area contributed by atoms with E-state index in [4.69, 9.17) is 4.99 Å². The minimum absolute atomic E-state index is 0.553. The van der Waals surface area contributed by atoms with E-state index in [2.05, 4.69) is 57.4 Å². The summed E-state index contributed by atoms with van der Waals surface area (Å²) in [5.41, 5.74) is 0. The van der Waals surface area contributed by atoms with Crippen LogP contribution in [0.25, 0.3) is 0 Å². The standard InChI is InChI=1S/C17H29BrN4S/c1-3-11-22-12-8-14(9-13-22)21-17(19-4-2)20-10-7-15-5-6-16(18)23-15/h5-6,14H,3-4,7-13H2,1-2H3,(H2,19,20,21). The van der Waals surface area contributed by atoms with Gasteiger partial charge in [-0.05, 0) is 60.8 Å². The third kappa shape index (κ3) is 6.81. The number of nitrogens with one attached hydrogen (secondary N) is 2. The number of piperidine rings is 1. The van der Waals surface area contributed by atoms with E-state index < -0.39 is 0 Å². The maximum atomic E-state index is 4.74. The Kier molecular flexibility index (Phi) is 8.40. The first-order valence-electron chi connectivity index (χ1n) is 8.72. The summed E-state index contributed by atoms with van der Waals surface area (Å²) in [6.07, 6.45) is 4.67. The lowest BCUT2D eigenvalue weighted by atomic mass is 10.1. The van der Waals surface area contributed by atoms with E-state index in [1.807, 2.05) is 0 Å². The quantitative estimate of drug-likeness (QED) is 0.543. The molecule has 1 aromatic rings. The molecule has 0 amide bonds. The predicted octanol–water partition coefficient (Wildman–Crippen LogP) is 3.48. The zero-order chi connectivity index (χ0) is 16.5. The number of guanidine groups is 1. The molecule has 0 spiro atoms. The zero-order valence-corrected chi connectivity index (χ0v) is 16.7. The Morgan fingerprint density at radius 2 is 2.13 bits per heavy atom. The van der Waals surface area contributed by atoms with E-state index in [0.29, 0.717) is 6.04 Å². The first-order valence-corrected chi connectivity index (χ1v) is 10.3. The molecule has 0 aromatic carbocycles. The summed E-state index contributed by atoms with van der Waals surface area (Å²) in [5, 5.41) is 6.99. The summed E-state index contributed by atoms with van der Waals surface area (Å²) in [7, 11) is 0. The van der Waals surface area contributed by atoms with Crippen molar-refractivity contribution in [2.45, 2.75) is 45.6 Å². The minimum Gasteiger partial charge on any atom is -0.357 e. The van der Waals surface area contributed by atoms with Crippen molar-refractivity contribution in [3.05, 3.63) is 20.8 Å². The molecule has 0 saturated carbocycles. The molecule has 130 valence electrons. The first-order chi connectivity index (χ1) is 11.2. The van der Waals surface area contributed by atoms with Gasteiger partial charge in [0.15, 0.2) is 5.96 Å². The number of hydrogen-bond donors (Lipinski definition) is 2. The van der Waals surface area contributed by atoms with Gasteiger partial charge in [-0.2, -0.15) is 0 Å². The van der Waals surface area contributed by atoms with Crippen LogP contribution < -0.4 is 10.6 Å². The summed E-state index contributed by atoms with van der Waals surface area (Å²) >= 11 is 5.31. The third-order valence-corrected chi connectivity index (χ3v) is 5.75. The zero-order valence-electron chi connectivity index (χ0n) is 14.3. The van der Waals surface area contributed by atoms with Crippen molar-refractivity contribution in [3.63, 3.8) is 0 Å². The second-order valence-electron chi connectivity index (χ2n) is 5.98. The number of aliphatic imine (C=N–C) groups is 1. The van der Waals surface area contributed by atoms with Gasteiger partial charge in [0.25, 0.3) is 0 Å². The number of thiophene rings is 1. The molecule has 1 aliphatic rings. The van der Waals surface area contributed by atoms with Crippen LogP contribution in [0, 0.1) is 0 Å². The highest BCUT2D eigenvalue weighted by atomic mass is 79.9. The predicted molar refractivity (Wildman–Crippen MR) is 105 cm³/mol. The molecular weight excluding hydrogens is 372 g/mol. The number of halogens is 1. The Morgan fingerprint density at radius 1 is 1.35 bits per heavy atom. The van der Waals surface area contributed by atoms with Gasteiger partial charge < -0.3 is 15.5 Å². The van der Waals surface area contributed by atoms with E-state index >= 15 is 0 Å². The summed E-state index contributed by atoms with van der Waals surface area (Å²) in [6.45, 7) is 9.76. The molecule has 2 N–H and O–H groups in total. The fourth-order valence-corrected chi connectivity index (χ4v) is 4.37. The van der Waals surface area contributed by atoms with Crippen molar-refractivity contribution in [3.8, 4) is 0 Å². The van der Waals surface area contributed by atoms with Gasteiger partial charge in [0.2, 0.25) is 0 Å². The van der Waals surface area contributed by atoms with Crippen LogP contribution >= 0.6 is 27.3 Å². The van der Waals surface area contributed by atoms with Crippen LogP contribution in [0.15, 0.2) is 20.9 Å². The van der Waals surface area contributed by atoms with Crippen molar-refractivity contribution in [2.75, 3.05) is 32.7 Å². The smallest absolute Gasteiger partial charge is 0.191 e. The summed E-state index contributed by atoms with van der Waals surface area (Å²) in [6, 6.07) is 4.84. The highest BCUT2D eigenvalue weighted by molar-refractivity contribution is 9.11. The normalized spacial score (nSPS) is 17.4. The molecule has 0 aliphatic carbocycles. The molecule has 0 bridgehead atoms. The molecule has 1 saturated heterocycles. The molecule has 23 heavy (non-hydrogen) atoms. The lowest BCUT2D eigenvalue weighted by Gasteiger charge is -2.32. The van der Waals surface area contributed by atoms with E-state index in [1.54, 1.807) is 11.3 Å². The number of nitrogens with zero attached hydrogens (tertiary/aromatic N) is 2. The molecule has 1 aromatic heterocycles. The Morgan fingerprint density at radius 3 is 2.74 bits per heavy atom. The van der Waals surface area contributed by atoms with Crippen molar-refractivity contribution >= 4 is 33.2 Å². The molecule has 2 rings (SSSR count). The SMILES string of the molecule is CCCN1CCC(NC(=NCCc2ccc(Br)s2)NCC)CC1. The minimum atomic E-state index is 0.553. The first kappa shape index (κ1) is 18.7. The number of hydrogen-bond acceptors (Lipinski definition) is 3. The lowest BCUT2D eigenvalue weighted by Crippen LogP contribution is -2.48. The van der Waals surface area contributed by atoms with E-state index in [1.165, 1.54) is 47.6 Å². The van der Waals surface area contributed by atoms with Crippen LogP contribution in [-0.4, -0.2) is 49.6 Å². The monoisotopic (exact) mass is 400 g/mol. The van der Waals surface area contributed by atoms with Crippen LogP contribution in [0.5, 0.6) is 0 Å². The van der Waals surface area contributed by atoms with Crippen molar-refractivity contribution in [2.24, 2.45) is 4.99 Å². The molecule has 0 atom stereocenters. The topological polar surface area (TPSA) is 39.7 Å². The fourth-order valence-electron chi connectivity index (χ4n) is 2.89. The van der Waals surface area contributed by atoms with E-state index in [9.17, 15) is 0 Å². The average molecular weight is 401 g/mol. The van der Waals surface area contributed by atoms with Gasteiger partial charge >= 0.3 is 0 Å². The van der Waals surface area contributed by atoms with Gasteiger partial charge in [-0.1, -0.05) is 6.92 Å². The van der Waals surface area contributed by atoms with Gasteiger partial charge in [-0.25, -0.2) is 0 Å². The molecular formula is C17H29BrN4S. The largest absolute Gasteiger partial charge is 0.357 e. The highest BCUT2D eigenvalue weighted by Gasteiger charge is 2.19. The molecule has 1 aliphatic heterocycles.